The molecule has 4 nitrogen and oxygen atoms in total. The molecule has 0 fully saturated rings. The summed E-state index contributed by atoms with van der Waals surface area (Å²) >= 11 is 1.06. The first-order valence-corrected chi connectivity index (χ1v) is 8.74. The highest BCUT2D eigenvalue weighted by molar-refractivity contribution is 7.15. The smallest absolute Gasteiger partial charge is 0.293 e. The van der Waals surface area contributed by atoms with E-state index in [1.165, 1.54) is 12.1 Å². The van der Waals surface area contributed by atoms with Gasteiger partial charge in [-0.05, 0) is 51.5 Å². The van der Waals surface area contributed by atoms with Crippen LogP contribution < -0.4 is 5.32 Å². The summed E-state index contributed by atoms with van der Waals surface area (Å²) in [6.07, 6.45) is -0.128. The van der Waals surface area contributed by atoms with Gasteiger partial charge in [0.1, 0.15) is 0 Å². The third-order valence-corrected chi connectivity index (χ3v) is 4.53. The van der Waals surface area contributed by atoms with E-state index in [1.807, 2.05) is 0 Å². The van der Waals surface area contributed by atoms with Gasteiger partial charge in [0.05, 0.1) is 4.88 Å². The molecule has 26 heavy (non-hydrogen) atoms. The molecule has 1 aromatic carbocycles. The monoisotopic (exact) mass is 379 g/mol. The molecule has 0 unspecified atom stereocenters. The van der Waals surface area contributed by atoms with Crippen molar-refractivity contribution in [2.24, 2.45) is 0 Å². The molecule has 0 saturated heterocycles. The Kier molecular flexibility index (Phi) is 5.71. The van der Waals surface area contributed by atoms with Crippen LogP contribution in [0.1, 0.15) is 51.2 Å². The lowest BCUT2D eigenvalue weighted by molar-refractivity contribution is -0.118. The Morgan fingerprint density at radius 3 is 2.31 bits per heavy atom. The highest BCUT2D eigenvalue weighted by atomic mass is 32.1. The Morgan fingerprint density at radius 1 is 1.08 bits per heavy atom. The van der Waals surface area contributed by atoms with Crippen LogP contribution in [-0.2, 0) is 11.2 Å². The van der Waals surface area contributed by atoms with Crippen LogP contribution >= 0.6 is 11.3 Å². The zero-order valence-electron chi connectivity index (χ0n) is 14.9. The van der Waals surface area contributed by atoms with Gasteiger partial charge in [-0.3, -0.25) is 14.4 Å². The topological polar surface area (TPSA) is 63.2 Å². The number of ketones is 2. The molecule has 0 aliphatic carbocycles. The minimum Gasteiger partial charge on any atom is -0.345 e. The fraction of sp³-hybridized carbons (Fsp3) is 0.316. The van der Waals surface area contributed by atoms with Crippen LogP contribution in [0, 0.1) is 18.6 Å². The minimum atomic E-state index is -1.02. The number of rotatable bonds is 5. The van der Waals surface area contributed by atoms with Gasteiger partial charge in [-0.25, -0.2) is 8.78 Å². The first kappa shape index (κ1) is 19.9. The summed E-state index contributed by atoms with van der Waals surface area (Å²) in [5.41, 5.74) is 0.0779. The number of carbonyl (C=O) groups is 3. The van der Waals surface area contributed by atoms with Crippen LogP contribution in [0.5, 0.6) is 0 Å². The van der Waals surface area contributed by atoms with Crippen molar-refractivity contribution in [3.8, 4) is 0 Å². The van der Waals surface area contributed by atoms with Gasteiger partial charge in [0.25, 0.3) is 11.7 Å². The van der Waals surface area contributed by atoms with Gasteiger partial charge in [-0.1, -0.05) is 6.07 Å². The van der Waals surface area contributed by atoms with Crippen LogP contribution in [0.25, 0.3) is 0 Å². The fourth-order valence-corrected chi connectivity index (χ4v) is 3.29. The highest BCUT2D eigenvalue weighted by Crippen LogP contribution is 2.24. The van der Waals surface area contributed by atoms with E-state index in [0.29, 0.717) is 16.0 Å². The maximum Gasteiger partial charge on any atom is 0.293 e. The largest absolute Gasteiger partial charge is 0.345 e. The van der Waals surface area contributed by atoms with Crippen LogP contribution in [0.2, 0.25) is 0 Å². The fourth-order valence-electron chi connectivity index (χ4n) is 2.31. The average Bonchev–Trinajstić information content (AvgIpc) is 2.90. The van der Waals surface area contributed by atoms with E-state index in [2.05, 4.69) is 5.32 Å². The molecule has 2 aromatic rings. The van der Waals surface area contributed by atoms with E-state index in [9.17, 15) is 23.2 Å². The lowest BCUT2D eigenvalue weighted by Gasteiger charge is -2.19. The van der Waals surface area contributed by atoms with Gasteiger partial charge in [0, 0.05) is 22.4 Å². The van der Waals surface area contributed by atoms with E-state index < -0.39 is 28.9 Å². The maximum absolute atomic E-state index is 13.3. The van der Waals surface area contributed by atoms with Crippen LogP contribution in [0.4, 0.5) is 8.78 Å². The number of amides is 1. The van der Waals surface area contributed by atoms with Crippen LogP contribution in [-0.4, -0.2) is 23.0 Å². The third kappa shape index (κ3) is 4.82. The number of thiophene rings is 1. The number of halogens is 2. The molecule has 0 atom stereocenters. The molecule has 1 N–H and O–H groups in total. The van der Waals surface area contributed by atoms with Crippen molar-refractivity contribution in [1.29, 1.82) is 0 Å². The van der Waals surface area contributed by atoms with Gasteiger partial charge in [-0.2, -0.15) is 0 Å². The molecule has 138 valence electrons. The first-order chi connectivity index (χ1) is 12.0. The van der Waals surface area contributed by atoms with Crippen LogP contribution in [0.3, 0.4) is 0 Å². The van der Waals surface area contributed by atoms with Crippen molar-refractivity contribution in [2.75, 3.05) is 0 Å². The molecule has 0 aliphatic heterocycles. The lowest BCUT2D eigenvalue weighted by Crippen LogP contribution is -2.44. The normalized spacial score (nSPS) is 11.3. The summed E-state index contributed by atoms with van der Waals surface area (Å²) in [5, 5.41) is 2.58. The maximum atomic E-state index is 13.3. The average molecular weight is 379 g/mol. The van der Waals surface area contributed by atoms with Gasteiger partial charge in [0.2, 0.25) is 0 Å². The summed E-state index contributed by atoms with van der Waals surface area (Å²) < 4.78 is 26.2. The molecular formula is C19H19F2NO3S. The second kappa shape index (κ2) is 7.45. The van der Waals surface area contributed by atoms with Crippen LogP contribution in [0.15, 0.2) is 24.3 Å². The van der Waals surface area contributed by atoms with E-state index in [0.717, 1.165) is 23.5 Å². The quantitative estimate of drug-likeness (QED) is 0.634. The second-order valence-electron chi connectivity index (χ2n) is 6.96. The zero-order chi connectivity index (χ0) is 19.6. The molecule has 0 radical (unpaired) electrons. The number of nitrogens with one attached hydrogen (secondary N) is 1. The van der Waals surface area contributed by atoms with E-state index in [1.54, 1.807) is 27.7 Å². The zero-order valence-corrected chi connectivity index (χ0v) is 15.7. The lowest BCUT2D eigenvalue weighted by atomic mass is 10.0. The summed E-state index contributed by atoms with van der Waals surface area (Å²) in [5.74, 6) is -3.78. The summed E-state index contributed by atoms with van der Waals surface area (Å²) in [6.45, 7) is 6.94. The first-order valence-electron chi connectivity index (χ1n) is 7.92. The molecule has 1 aromatic heterocycles. The van der Waals surface area contributed by atoms with Crippen molar-refractivity contribution in [2.45, 2.75) is 39.7 Å². The highest BCUT2D eigenvalue weighted by Gasteiger charge is 2.25. The Morgan fingerprint density at radius 2 is 1.73 bits per heavy atom. The number of Topliss-reactive ketones (excluding diaryl/α,β-unsaturated/α-hetero) is 2. The molecule has 7 heteroatoms. The molecule has 0 bridgehead atoms. The number of aryl methyl sites for hydroxylation is 1. The van der Waals surface area contributed by atoms with Crippen molar-refractivity contribution >= 4 is 28.8 Å². The number of benzene rings is 1. The summed E-state index contributed by atoms with van der Waals surface area (Å²) in [4.78, 5) is 37.4. The number of carbonyl (C=O) groups excluding carboxylic acids is 3. The standard InChI is InChI=1S/C19H19F2NO3S/c1-10-12(15(23)8-11-5-6-13(20)14(21)7-11)9-16(26-10)17(24)18(25)22-19(2,3)4/h5-7,9H,8H2,1-4H3,(H,22,25). The van der Waals surface area contributed by atoms with E-state index in [4.69, 9.17) is 0 Å². The van der Waals surface area contributed by atoms with Crippen molar-refractivity contribution < 1.29 is 23.2 Å². The van der Waals surface area contributed by atoms with Gasteiger partial charge in [0.15, 0.2) is 17.4 Å². The van der Waals surface area contributed by atoms with Gasteiger partial charge < -0.3 is 5.32 Å². The number of hydrogen-bond acceptors (Lipinski definition) is 4. The van der Waals surface area contributed by atoms with Gasteiger partial charge in [-0.15, -0.1) is 11.3 Å². The Balaban J connectivity index is 2.18. The Hall–Kier alpha value is -2.41. The molecular weight excluding hydrogens is 360 g/mol. The number of hydrogen-bond donors (Lipinski definition) is 1. The molecule has 1 amide bonds. The predicted octanol–water partition coefficient (Wildman–Crippen LogP) is 3.86. The molecule has 2 rings (SSSR count). The van der Waals surface area contributed by atoms with Gasteiger partial charge >= 0.3 is 0 Å². The second-order valence-corrected chi connectivity index (χ2v) is 8.22. The van der Waals surface area contributed by atoms with E-state index >= 15 is 0 Å². The molecule has 1 heterocycles. The predicted molar refractivity (Wildman–Crippen MR) is 95.7 cm³/mol. The molecule has 0 saturated carbocycles. The minimum absolute atomic E-state index is 0.128. The van der Waals surface area contributed by atoms with Crippen molar-refractivity contribution in [3.63, 3.8) is 0 Å². The van der Waals surface area contributed by atoms with E-state index in [-0.39, 0.29) is 17.1 Å². The Bertz CT molecular complexity index is 881. The summed E-state index contributed by atoms with van der Waals surface area (Å²) in [6, 6.07) is 4.65. The van der Waals surface area contributed by atoms with Crippen molar-refractivity contribution in [3.05, 3.63) is 56.8 Å². The summed E-state index contributed by atoms with van der Waals surface area (Å²) in [7, 11) is 0. The van der Waals surface area contributed by atoms with Crippen molar-refractivity contribution in [1.82, 2.24) is 5.32 Å². The molecule has 0 spiro atoms. The molecule has 0 aliphatic rings. The Labute approximate surface area is 154 Å². The third-order valence-electron chi connectivity index (χ3n) is 3.49. The SMILES string of the molecule is Cc1sc(C(=O)C(=O)NC(C)(C)C)cc1C(=O)Cc1ccc(F)c(F)c1.